The third-order valence-electron chi connectivity index (χ3n) is 6.72. The molecule has 1 aliphatic rings. The van der Waals surface area contributed by atoms with Gasteiger partial charge in [0.05, 0.1) is 4.90 Å². The number of likely N-dealkylation sites (tertiary alicyclic amines) is 1. The van der Waals surface area contributed by atoms with Crippen LogP contribution in [-0.2, 0) is 9.84 Å². The van der Waals surface area contributed by atoms with Crippen molar-refractivity contribution in [3.63, 3.8) is 0 Å². The quantitative estimate of drug-likeness (QED) is 0.262. The number of hydrogen-bond donors (Lipinski definition) is 1. The molecule has 0 atom stereocenters. The first-order valence-corrected chi connectivity index (χ1v) is 14.5. The highest BCUT2D eigenvalue weighted by molar-refractivity contribution is 7.90. The zero-order chi connectivity index (χ0) is 25.8. The summed E-state index contributed by atoms with van der Waals surface area (Å²) in [6, 6.07) is 23.3. The zero-order valence-corrected chi connectivity index (χ0v) is 22.9. The van der Waals surface area contributed by atoms with Crippen molar-refractivity contribution >= 4 is 33.0 Å². The van der Waals surface area contributed by atoms with Crippen molar-refractivity contribution in [1.29, 1.82) is 0 Å². The van der Waals surface area contributed by atoms with E-state index < -0.39 is 9.84 Å². The summed E-state index contributed by atoms with van der Waals surface area (Å²) in [5.74, 6) is 2.25. The first kappa shape index (κ1) is 27.8. The Morgan fingerprint density at radius 2 is 1.53 bits per heavy atom. The summed E-state index contributed by atoms with van der Waals surface area (Å²) in [4.78, 5) is 2.71. The molecule has 0 amide bonds. The van der Waals surface area contributed by atoms with E-state index in [1.807, 2.05) is 42.5 Å². The third kappa shape index (κ3) is 6.59. The molecule has 8 heteroatoms. The molecule has 0 bridgehead atoms. The number of aromatic hydroxyl groups is 1. The molecule has 0 saturated carbocycles. The number of rotatable bonds is 8. The second-order valence-corrected chi connectivity index (χ2v) is 11.5. The van der Waals surface area contributed by atoms with E-state index in [-0.39, 0.29) is 23.1 Å². The van der Waals surface area contributed by atoms with Crippen LogP contribution in [0, 0.1) is 0 Å². The number of hydrogen-bond acceptors (Lipinski definition) is 6. The lowest BCUT2D eigenvalue weighted by Gasteiger charge is -2.26. The Morgan fingerprint density at radius 3 is 2.21 bits per heavy atom. The predicted molar refractivity (Wildman–Crippen MR) is 154 cm³/mol. The molecule has 38 heavy (non-hydrogen) atoms. The van der Waals surface area contributed by atoms with Gasteiger partial charge in [0, 0.05) is 23.8 Å². The number of phenolic OH excluding ortho intramolecular Hbond substituents is 1. The van der Waals surface area contributed by atoms with Gasteiger partial charge in [-0.05, 0) is 97.5 Å². The summed E-state index contributed by atoms with van der Waals surface area (Å²) in [6.07, 6.45) is 5.05. The number of fused-ring (bicyclic) bond motifs is 1. The van der Waals surface area contributed by atoms with Gasteiger partial charge < -0.3 is 14.6 Å². The molecule has 1 N–H and O–H groups in total. The van der Waals surface area contributed by atoms with Crippen LogP contribution in [0.25, 0.3) is 21.9 Å². The van der Waals surface area contributed by atoms with Crippen LogP contribution in [0.1, 0.15) is 19.3 Å². The average molecular weight is 554 g/mol. The normalized spacial score (nSPS) is 14.1. The monoisotopic (exact) mass is 553 g/mol. The van der Waals surface area contributed by atoms with Gasteiger partial charge in [-0.3, -0.25) is 4.90 Å². The lowest BCUT2D eigenvalue weighted by Crippen LogP contribution is -2.33. The van der Waals surface area contributed by atoms with Crippen LogP contribution in [-0.4, -0.2) is 50.9 Å². The lowest BCUT2D eigenvalue weighted by molar-refractivity contribution is 0.183. The molecule has 0 aromatic heterocycles. The SMILES string of the molecule is CS(=O)(=O)c1ccc(-c2ccc3cc(O)ccc3c2Oc2ccc(OCCN3CCCCC3)cc2)cc1.Cl. The number of halogens is 1. The molecule has 1 saturated heterocycles. The highest BCUT2D eigenvalue weighted by atomic mass is 35.5. The fourth-order valence-corrected chi connectivity index (χ4v) is 5.34. The number of benzene rings is 4. The van der Waals surface area contributed by atoms with E-state index in [9.17, 15) is 13.5 Å². The largest absolute Gasteiger partial charge is 0.508 e. The van der Waals surface area contributed by atoms with Gasteiger partial charge in [0.1, 0.15) is 29.6 Å². The average Bonchev–Trinajstić information content (AvgIpc) is 2.90. The molecular formula is C30H32ClNO5S. The van der Waals surface area contributed by atoms with Crippen LogP contribution >= 0.6 is 12.4 Å². The third-order valence-corrected chi connectivity index (χ3v) is 7.84. The van der Waals surface area contributed by atoms with Gasteiger partial charge in [-0.15, -0.1) is 12.4 Å². The molecule has 4 aromatic carbocycles. The lowest BCUT2D eigenvalue weighted by atomic mass is 9.99. The number of sulfone groups is 1. The Labute approximate surface area is 230 Å². The predicted octanol–water partition coefficient (Wildman–Crippen LogP) is 6.69. The molecular weight excluding hydrogens is 522 g/mol. The van der Waals surface area contributed by atoms with Crippen molar-refractivity contribution in [1.82, 2.24) is 4.90 Å². The number of piperidine rings is 1. The van der Waals surface area contributed by atoms with E-state index in [1.54, 1.807) is 36.4 Å². The number of phenols is 1. The highest BCUT2D eigenvalue weighted by Crippen LogP contribution is 2.41. The Hall–Kier alpha value is -3.26. The second kappa shape index (κ2) is 12.1. The number of ether oxygens (including phenoxy) is 2. The molecule has 0 unspecified atom stereocenters. The maximum absolute atomic E-state index is 11.9. The smallest absolute Gasteiger partial charge is 0.175 e. The van der Waals surface area contributed by atoms with E-state index in [1.165, 1.54) is 25.5 Å². The van der Waals surface area contributed by atoms with Crippen molar-refractivity contribution in [2.75, 3.05) is 32.5 Å². The molecule has 1 aliphatic heterocycles. The maximum atomic E-state index is 11.9. The fraction of sp³-hybridized carbons (Fsp3) is 0.267. The molecule has 4 aromatic rings. The summed E-state index contributed by atoms with van der Waals surface area (Å²) >= 11 is 0. The van der Waals surface area contributed by atoms with Gasteiger partial charge in [-0.25, -0.2) is 8.42 Å². The standard InChI is InChI=1S/C30H31NO5S.ClH/c1-37(33,34)27-13-5-22(6-14-27)28-15-7-23-21-24(32)8-16-29(23)30(28)36-26-11-9-25(10-12-26)35-20-19-31-17-3-2-4-18-31;/h5-16,21,32H,2-4,17-20H2,1H3;1H. The summed E-state index contributed by atoms with van der Waals surface area (Å²) in [7, 11) is -3.29. The van der Waals surface area contributed by atoms with E-state index in [0.717, 1.165) is 47.3 Å². The van der Waals surface area contributed by atoms with E-state index in [0.29, 0.717) is 18.1 Å². The summed E-state index contributed by atoms with van der Waals surface area (Å²) in [5, 5.41) is 11.6. The van der Waals surface area contributed by atoms with Crippen molar-refractivity contribution < 1.29 is 23.0 Å². The molecule has 6 nitrogen and oxygen atoms in total. The summed E-state index contributed by atoms with van der Waals surface area (Å²) in [6.45, 7) is 3.89. The van der Waals surface area contributed by atoms with Gasteiger partial charge in [0.15, 0.2) is 9.84 Å². The minimum Gasteiger partial charge on any atom is -0.508 e. The van der Waals surface area contributed by atoms with Crippen molar-refractivity contribution in [2.24, 2.45) is 0 Å². The summed E-state index contributed by atoms with van der Waals surface area (Å²) in [5.41, 5.74) is 1.65. The molecule has 200 valence electrons. The van der Waals surface area contributed by atoms with Gasteiger partial charge >= 0.3 is 0 Å². The second-order valence-electron chi connectivity index (χ2n) is 9.47. The van der Waals surface area contributed by atoms with Crippen LogP contribution in [0.4, 0.5) is 0 Å². The van der Waals surface area contributed by atoms with Crippen molar-refractivity contribution in [3.8, 4) is 34.1 Å². The zero-order valence-electron chi connectivity index (χ0n) is 21.3. The minimum absolute atomic E-state index is 0. The number of nitrogens with zero attached hydrogens (tertiary/aromatic N) is 1. The summed E-state index contributed by atoms with van der Waals surface area (Å²) < 4.78 is 36.2. The topological polar surface area (TPSA) is 76.1 Å². The first-order valence-electron chi connectivity index (χ1n) is 12.6. The molecule has 5 rings (SSSR count). The Morgan fingerprint density at radius 1 is 0.842 bits per heavy atom. The van der Waals surface area contributed by atoms with E-state index >= 15 is 0 Å². The first-order chi connectivity index (χ1) is 17.9. The van der Waals surface area contributed by atoms with Gasteiger partial charge in [0.2, 0.25) is 0 Å². The maximum Gasteiger partial charge on any atom is 0.175 e. The Kier molecular flexibility index (Phi) is 8.82. The van der Waals surface area contributed by atoms with Gasteiger partial charge in [-0.1, -0.05) is 24.6 Å². The van der Waals surface area contributed by atoms with Gasteiger partial charge in [0.25, 0.3) is 0 Å². The van der Waals surface area contributed by atoms with Crippen LogP contribution < -0.4 is 9.47 Å². The highest BCUT2D eigenvalue weighted by Gasteiger charge is 2.15. The van der Waals surface area contributed by atoms with Crippen LogP contribution in [0.5, 0.6) is 23.0 Å². The van der Waals surface area contributed by atoms with Crippen LogP contribution in [0.2, 0.25) is 0 Å². The molecule has 0 spiro atoms. The fourth-order valence-electron chi connectivity index (χ4n) is 4.71. The Bertz CT molecular complexity index is 1480. The van der Waals surface area contributed by atoms with Crippen LogP contribution in [0.15, 0.2) is 83.8 Å². The van der Waals surface area contributed by atoms with Crippen LogP contribution in [0.3, 0.4) is 0 Å². The van der Waals surface area contributed by atoms with Crippen molar-refractivity contribution in [2.45, 2.75) is 24.2 Å². The molecule has 1 heterocycles. The molecule has 0 aliphatic carbocycles. The minimum atomic E-state index is -3.29. The molecule has 1 fully saturated rings. The van der Waals surface area contributed by atoms with E-state index in [4.69, 9.17) is 9.47 Å². The van der Waals surface area contributed by atoms with Gasteiger partial charge in [-0.2, -0.15) is 0 Å². The molecule has 0 radical (unpaired) electrons. The Balaban J connectivity index is 0.00000336. The van der Waals surface area contributed by atoms with Crippen molar-refractivity contribution in [3.05, 3.63) is 78.9 Å². The van der Waals surface area contributed by atoms with E-state index in [2.05, 4.69) is 4.90 Å².